The van der Waals surface area contributed by atoms with Gasteiger partial charge in [-0.1, -0.05) is 37.8 Å². The first kappa shape index (κ1) is 14.6. The second-order valence-corrected chi connectivity index (χ2v) is 5.99. The highest BCUT2D eigenvalue weighted by molar-refractivity contribution is 5.54. The van der Waals surface area contributed by atoms with Crippen LogP contribution in [0.15, 0.2) is 28.7 Å². The molecule has 5 heteroatoms. The van der Waals surface area contributed by atoms with Crippen molar-refractivity contribution in [3.63, 3.8) is 0 Å². The summed E-state index contributed by atoms with van der Waals surface area (Å²) in [5.74, 6) is 1.67. The molecule has 114 valence electrons. The second kappa shape index (κ2) is 6.61. The van der Waals surface area contributed by atoms with E-state index in [1.165, 1.54) is 25.7 Å². The van der Waals surface area contributed by atoms with E-state index in [4.69, 9.17) is 0 Å². The van der Waals surface area contributed by atoms with E-state index in [1.54, 1.807) is 0 Å². The molecule has 0 amide bonds. The van der Waals surface area contributed by atoms with E-state index in [1.807, 2.05) is 18.2 Å². The minimum absolute atomic E-state index is 0.0608. The Balaban J connectivity index is 1.87. The molecule has 0 bridgehead atoms. The third-order valence-electron chi connectivity index (χ3n) is 4.33. The van der Waals surface area contributed by atoms with E-state index in [0.29, 0.717) is 17.6 Å². The van der Waals surface area contributed by atoms with Crippen LogP contribution in [-0.4, -0.2) is 9.97 Å². The summed E-state index contributed by atoms with van der Waals surface area (Å²) in [4.78, 5) is 19.4. The number of H-pyrrole nitrogens is 1. The molecule has 1 aromatic heterocycles. The number of nitrogens with zero attached hydrogens (tertiary/aromatic N) is 2. The van der Waals surface area contributed by atoms with E-state index in [0.717, 1.165) is 25.0 Å². The summed E-state index contributed by atoms with van der Waals surface area (Å²) in [6.45, 7) is 0. The number of hydrogen-bond donors (Lipinski definition) is 2. The van der Waals surface area contributed by atoms with Crippen LogP contribution in [0.4, 0.5) is 5.82 Å². The molecule has 0 aromatic carbocycles. The number of hydrogen-bond acceptors (Lipinski definition) is 4. The number of nitrogens with one attached hydrogen (secondary N) is 2. The maximum Gasteiger partial charge on any atom is 0.271 e. The number of allylic oxidation sites excluding steroid dienone is 4. The van der Waals surface area contributed by atoms with Crippen LogP contribution in [0.25, 0.3) is 0 Å². The normalized spacial score (nSPS) is 18.0. The molecule has 5 nitrogen and oxygen atoms in total. The van der Waals surface area contributed by atoms with Crippen LogP contribution in [0.3, 0.4) is 0 Å². The summed E-state index contributed by atoms with van der Waals surface area (Å²) in [7, 11) is 0. The predicted octanol–water partition coefficient (Wildman–Crippen LogP) is 3.02. The van der Waals surface area contributed by atoms with Crippen molar-refractivity contribution < 1.29 is 0 Å². The molecule has 22 heavy (non-hydrogen) atoms. The first-order valence-electron chi connectivity index (χ1n) is 7.92. The zero-order valence-corrected chi connectivity index (χ0v) is 12.6. The van der Waals surface area contributed by atoms with Crippen molar-refractivity contribution in [2.24, 2.45) is 5.92 Å². The number of rotatable bonds is 4. The smallest absolute Gasteiger partial charge is 0.271 e. The van der Waals surface area contributed by atoms with Crippen molar-refractivity contribution in [1.29, 1.82) is 5.26 Å². The molecule has 3 rings (SSSR count). The van der Waals surface area contributed by atoms with Gasteiger partial charge in [-0.05, 0) is 24.8 Å². The van der Waals surface area contributed by atoms with Crippen molar-refractivity contribution in [3.8, 4) is 6.07 Å². The Morgan fingerprint density at radius 1 is 1.41 bits per heavy atom. The average Bonchev–Trinajstić information content (AvgIpc) is 3.01. The fraction of sp³-hybridized carbons (Fsp3) is 0.471. The lowest BCUT2D eigenvalue weighted by molar-refractivity contribution is 0.529. The summed E-state index contributed by atoms with van der Waals surface area (Å²) < 4.78 is 0. The Morgan fingerprint density at radius 3 is 2.91 bits per heavy atom. The van der Waals surface area contributed by atoms with Gasteiger partial charge in [0.2, 0.25) is 0 Å². The fourth-order valence-electron chi connectivity index (χ4n) is 3.16. The SMILES string of the molecule is N#Cc1c(NC2=CC=CCC2)nc(CC2CCCC2)[nH]c1=O. The zero-order valence-electron chi connectivity index (χ0n) is 12.6. The Labute approximate surface area is 129 Å². The van der Waals surface area contributed by atoms with Gasteiger partial charge in [0.05, 0.1) is 0 Å². The van der Waals surface area contributed by atoms with Gasteiger partial charge in [0.15, 0.2) is 11.4 Å². The third-order valence-corrected chi connectivity index (χ3v) is 4.33. The number of aromatic amines is 1. The molecule has 2 aliphatic carbocycles. The van der Waals surface area contributed by atoms with E-state index in [2.05, 4.69) is 21.4 Å². The van der Waals surface area contributed by atoms with E-state index in [-0.39, 0.29) is 11.1 Å². The topological polar surface area (TPSA) is 81.6 Å². The van der Waals surface area contributed by atoms with Gasteiger partial charge in [0.25, 0.3) is 5.56 Å². The average molecular weight is 296 g/mol. The zero-order chi connectivity index (χ0) is 15.4. The molecular formula is C17H20N4O. The van der Waals surface area contributed by atoms with Crippen LogP contribution in [0, 0.1) is 17.2 Å². The molecule has 0 atom stereocenters. The summed E-state index contributed by atoms with van der Waals surface area (Å²) in [6, 6.07) is 1.96. The van der Waals surface area contributed by atoms with Crippen molar-refractivity contribution in [2.75, 3.05) is 5.32 Å². The maximum absolute atomic E-state index is 12.1. The predicted molar refractivity (Wildman–Crippen MR) is 85.3 cm³/mol. The molecule has 0 radical (unpaired) electrons. The van der Waals surface area contributed by atoms with Crippen molar-refractivity contribution in [2.45, 2.75) is 44.9 Å². The van der Waals surface area contributed by atoms with Crippen LogP contribution in [-0.2, 0) is 6.42 Å². The van der Waals surface area contributed by atoms with Gasteiger partial charge in [-0.15, -0.1) is 0 Å². The minimum atomic E-state index is -0.347. The van der Waals surface area contributed by atoms with E-state index >= 15 is 0 Å². The molecule has 1 aromatic rings. The highest BCUT2D eigenvalue weighted by Crippen LogP contribution is 2.27. The van der Waals surface area contributed by atoms with Gasteiger partial charge < -0.3 is 10.3 Å². The Kier molecular flexibility index (Phi) is 4.38. The monoisotopic (exact) mass is 296 g/mol. The first-order valence-corrected chi connectivity index (χ1v) is 7.92. The van der Waals surface area contributed by atoms with Gasteiger partial charge in [0.1, 0.15) is 11.9 Å². The molecule has 0 saturated heterocycles. The Morgan fingerprint density at radius 2 is 2.23 bits per heavy atom. The summed E-state index contributed by atoms with van der Waals surface area (Å²) in [6.07, 6.45) is 13.6. The highest BCUT2D eigenvalue weighted by atomic mass is 16.1. The maximum atomic E-state index is 12.1. The molecule has 1 saturated carbocycles. The summed E-state index contributed by atoms with van der Waals surface area (Å²) >= 11 is 0. The van der Waals surface area contributed by atoms with Crippen molar-refractivity contribution >= 4 is 5.82 Å². The number of anilines is 1. The van der Waals surface area contributed by atoms with Crippen LogP contribution in [0.5, 0.6) is 0 Å². The summed E-state index contributed by atoms with van der Waals surface area (Å²) in [5.41, 5.74) is 0.703. The lowest BCUT2D eigenvalue weighted by atomic mass is 10.0. The van der Waals surface area contributed by atoms with Crippen molar-refractivity contribution in [1.82, 2.24) is 9.97 Å². The molecule has 2 N–H and O–H groups in total. The Bertz CT molecular complexity index is 702. The lowest BCUT2D eigenvalue weighted by Gasteiger charge is -2.14. The summed E-state index contributed by atoms with van der Waals surface area (Å²) in [5, 5.41) is 12.4. The van der Waals surface area contributed by atoms with Crippen molar-refractivity contribution in [3.05, 3.63) is 45.7 Å². The van der Waals surface area contributed by atoms with E-state index in [9.17, 15) is 10.1 Å². The highest BCUT2D eigenvalue weighted by Gasteiger charge is 2.19. The van der Waals surface area contributed by atoms with Crippen LogP contribution in [0.1, 0.15) is 49.9 Å². The van der Waals surface area contributed by atoms with Gasteiger partial charge in [0, 0.05) is 12.1 Å². The fourth-order valence-corrected chi connectivity index (χ4v) is 3.16. The molecule has 0 unspecified atom stereocenters. The van der Waals surface area contributed by atoms with Crippen LogP contribution < -0.4 is 10.9 Å². The van der Waals surface area contributed by atoms with Crippen LogP contribution >= 0.6 is 0 Å². The number of nitriles is 1. The largest absolute Gasteiger partial charge is 0.342 e. The Hall–Kier alpha value is -2.35. The molecule has 2 aliphatic rings. The standard InChI is InChI=1S/C17H20N4O/c18-11-14-16(19-13-8-2-1-3-9-13)20-15(21-17(14)22)10-12-6-4-5-7-12/h1-2,8,12H,3-7,9-10H2,(H2,19,20,21,22). The molecule has 1 heterocycles. The quantitative estimate of drug-likeness (QED) is 0.894. The van der Waals surface area contributed by atoms with Gasteiger partial charge in [-0.25, -0.2) is 4.98 Å². The second-order valence-electron chi connectivity index (χ2n) is 5.99. The van der Waals surface area contributed by atoms with Gasteiger partial charge >= 0.3 is 0 Å². The number of aromatic nitrogens is 2. The molecular weight excluding hydrogens is 276 g/mol. The van der Waals surface area contributed by atoms with Crippen LogP contribution in [0.2, 0.25) is 0 Å². The first-order chi connectivity index (χ1) is 10.8. The van der Waals surface area contributed by atoms with E-state index < -0.39 is 0 Å². The minimum Gasteiger partial charge on any atom is -0.342 e. The molecule has 0 spiro atoms. The third kappa shape index (κ3) is 3.28. The molecule has 1 fully saturated rings. The lowest BCUT2D eigenvalue weighted by Crippen LogP contribution is -2.20. The van der Waals surface area contributed by atoms with Gasteiger partial charge in [-0.2, -0.15) is 5.26 Å². The molecule has 0 aliphatic heterocycles. The van der Waals surface area contributed by atoms with Gasteiger partial charge in [-0.3, -0.25) is 4.79 Å².